The van der Waals surface area contributed by atoms with Crippen LogP contribution in [0.1, 0.15) is 17.0 Å². The molecule has 4 rings (SSSR count). The molecule has 1 aromatic carbocycles. The molecule has 0 spiro atoms. The Labute approximate surface area is 160 Å². The minimum atomic E-state index is 0.404. The number of aryl methyl sites for hydroxylation is 2. The van der Waals surface area contributed by atoms with E-state index >= 15 is 0 Å². The second-order valence-electron chi connectivity index (χ2n) is 5.91. The number of fused-ring (bicyclic) bond motifs is 1. The predicted molar refractivity (Wildman–Crippen MR) is 101 cm³/mol. The van der Waals surface area contributed by atoms with E-state index < -0.39 is 0 Å². The van der Waals surface area contributed by atoms with Gasteiger partial charge in [0, 0.05) is 23.0 Å². The maximum absolute atomic E-state index is 6.38. The summed E-state index contributed by atoms with van der Waals surface area (Å²) in [4.78, 5) is 4.01. The van der Waals surface area contributed by atoms with Crippen molar-refractivity contribution in [2.75, 3.05) is 0 Å². The lowest BCUT2D eigenvalue weighted by Gasteiger charge is -2.04. The van der Waals surface area contributed by atoms with E-state index in [4.69, 9.17) is 32.4 Å². The summed E-state index contributed by atoms with van der Waals surface area (Å²) >= 11 is 12.4. The Kier molecular flexibility index (Phi) is 4.34. The second-order valence-corrected chi connectivity index (χ2v) is 6.75. The molecule has 132 valence electrons. The van der Waals surface area contributed by atoms with Gasteiger partial charge in [0.15, 0.2) is 0 Å². The summed E-state index contributed by atoms with van der Waals surface area (Å²) in [5.41, 5.74) is 3.89. The molecule has 0 fully saturated rings. The fourth-order valence-electron chi connectivity index (χ4n) is 2.86. The summed E-state index contributed by atoms with van der Waals surface area (Å²) in [6, 6.07) is 9.16. The molecule has 0 bridgehead atoms. The SMILES string of the molecule is Cc1nn2c(-c3ccc(Cl)cc3Cl)c(C)oc2c1OCc1ccncc1. The third kappa shape index (κ3) is 2.93. The number of hydrogen-bond donors (Lipinski definition) is 0. The van der Waals surface area contributed by atoms with Crippen LogP contribution in [-0.4, -0.2) is 14.6 Å². The molecule has 26 heavy (non-hydrogen) atoms. The monoisotopic (exact) mass is 387 g/mol. The first-order valence-electron chi connectivity index (χ1n) is 8.00. The average Bonchev–Trinajstić information content (AvgIpc) is 3.08. The van der Waals surface area contributed by atoms with Crippen molar-refractivity contribution in [3.05, 3.63) is 69.8 Å². The molecule has 0 unspecified atom stereocenters. The molecular weight excluding hydrogens is 373 g/mol. The number of oxazole rings is 1. The summed E-state index contributed by atoms with van der Waals surface area (Å²) in [7, 11) is 0. The van der Waals surface area contributed by atoms with Gasteiger partial charge in [-0.25, -0.2) is 0 Å². The first-order chi connectivity index (χ1) is 12.5. The minimum absolute atomic E-state index is 0.404. The van der Waals surface area contributed by atoms with Crippen molar-refractivity contribution in [1.29, 1.82) is 0 Å². The van der Waals surface area contributed by atoms with Crippen molar-refractivity contribution in [2.24, 2.45) is 0 Å². The van der Waals surface area contributed by atoms with Crippen LogP contribution in [0.3, 0.4) is 0 Å². The Balaban J connectivity index is 1.77. The Morgan fingerprint density at radius 2 is 1.88 bits per heavy atom. The van der Waals surface area contributed by atoms with E-state index in [1.165, 1.54) is 0 Å². The number of benzene rings is 1. The lowest BCUT2D eigenvalue weighted by Crippen LogP contribution is -1.95. The highest BCUT2D eigenvalue weighted by molar-refractivity contribution is 6.36. The molecular formula is C19H15Cl2N3O2. The van der Waals surface area contributed by atoms with Gasteiger partial charge in [0.25, 0.3) is 5.71 Å². The zero-order chi connectivity index (χ0) is 18.3. The fourth-order valence-corrected chi connectivity index (χ4v) is 3.36. The molecule has 3 aromatic heterocycles. The molecule has 0 amide bonds. The van der Waals surface area contributed by atoms with Gasteiger partial charge in [0.05, 0.1) is 5.02 Å². The highest BCUT2D eigenvalue weighted by atomic mass is 35.5. The van der Waals surface area contributed by atoms with E-state index in [0.717, 1.165) is 22.5 Å². The van der Waals surface area contributed by atoms with Gasteiger partial charge in [-0.1, -0.05) is 23.2 Å². The predicted octanol–water partition coefficient (Wildman–Crippen LogP) is 5.49. The first kappa shape index (κ1) is 16.9. The van der Waals surface area contributed by atoms with Gasteiger partial charge in [-0.05, 0) is 49.7 Å². The highest BCUT2D eigenvalue weighted by Crippen LogP contribution is 2.37. The molecule has 5 nitrogen and oxygen atoms in total. The van der Waals surface area contributed by atoms with E-state index in [9.17, 15) is 0 Å². The minimum Gasteiger partial charge on any atom is -0.482 e. The van der Waals surface area contributed by atoms with E-state index in [1.807, 2.05) is 32.0 Å². The van der Waals surface area contributed by atoms with Gasteiger partial charge in [-0.3, -0.25) is 4.98 Å². The number of nitrogens with zero attached hydrogens (tertiary/aromatic N) is 3. The first-order valence-corrected chi connectivity index (χ1v) is 8.76. The summed E-state index contributed by atoms with van der Waals surface area (Å²) in [5, 5.41) is 5.70. The molecule has 0 aliphatic rings. The van der Waals surface area contributed by atoms with Crippen LogP contribution in [0.5, 0.6) is 5.75 Å². The van der Waals surface area contributed by atoms with Crippen molar-refractivity contribution >= 4 is 28.9 Å². The molecule has 4 aromatic rings. The van der Waals surface area contributed by atoms with Gasteiger partial charge >= 0.3 is 0 Å². The smallest absolute Gasteiger partial charge is 0.266 e. The lowest BCUT2D eigenvalue weighted by molar-refractivity contribution is 0.302. The second kappa shape index (κ2) is 6.67. The Hall–Kier alpha value is -2.50. The van der Waals surface area contributed by atoms with Crippen LogP contribution in [0.2, 0.25) is 10.0 Å². The largest absolute Gasteiger partial charge is 0.482 e. The Morgan fingerprint density at radius 1 is 1.12 bits per heavy atom. The standard InChI is InChI=1S/C19H15Cl2N3O2/c1-11-18(25-10-13-5-7-22-8-6-13)19-24(23-11)17(12(2)26-19)15-4-3-14(20)9-16(15)21/h3-9H,10H2,1-2H3. The summed E-state index contributed by atoms with van der Waals surface area (Å²) < 4.78 is 13.6. The average molecular weight is 388 g/mol. The zero-order valence-corrected chi connectivity index (χ0v) is 15.7. The fraction of sp³-hybridized carbons (Fsp3) is 0.158. The molecule has 0 atom stereocenters. The molecule has 3 heterocycles. The molecule has 0 saturated carbocycles. The van der Waals surface area contributed by atoms with Crippen LogP contribution in [0.25, 0.3) is 17.0 Å². The molecule has 0 aliphatic carbocycles. The topological polar surface area (TPSA) is 52.6 Å². The van der Waals surface area contributed by atoms with Crippen LogP contribution in [0.4, 0.5) is 0 Å². The van der Waals surface area contributed by atoms with Crippen molar-refractivity contribution in [1.82, 2.24) is 14.6 Å². The third-order valence-electron chi connectivity index (χ3n) is 4.08. The molecule has 0 saturated heterocycles. The number of aromatic nitrogens is 3. The Bertz CT molecular complexity index is 1090. The van der Waals surface area contributed by atoms with Crippen LogP contribution < -0.4 is 4.74 Å². The van der Waals surface area contributed by atoms with Crippen LogP contribution in [-0.2, 0) is 6.61 Å². The van der Waals surface area contributed by atoms with Gasteiger partial charge in [-0.15, -0.1) is 0 Å². The maximum Gasteiger partial charge on any atom is 0.266 e. The number of hydrogen-bond acceptors (Lipinski definition) is 4. The number of ether oxygens (including phenoxy) is 1. The molecule has 0 radical (unpaired) electrons. The molecule has 0 aliphatic heterocycles. The molecule has 7 heteroatoms. The van der Waals surface area contributed by atoms with E-state index in [-0.39, 0.29) is 0 Å². The van der Waals surface area contributed by atoms with Gasteiger partial charge in [-0.2, -0.15) is 9.61 Å². The van der Waals surface area contributed by atoms with E-state index in [0.29, 0.717) is 33.9 Å². The Morgan fingerprint density at radius 3 is 2.62 bits per heavy atom. The summed E-state index contributed by atoms with van der Waals surface area (Å²) in [6.07, 6.45) is 3.47. The van der Waals surface area contributed by atoms with Gasteiger partial charge < -0.3 is 9.15 Å². The van der Waals surface area contributed by atoms with Crippen molar-refractivity contribution in [3.63, 3.8) is 0 Å². The van der Waals surface area contributed by atoms with Crippen molar-refractivity contribution < 1.29 is 9.15 Å². The van der Waals surface area contributed by atoms with E-state index in [2.05, 4.69) is 10.1 Å². The quantitative estimate of drug-likeness (QED) is 0.464. The lowest BCUT2D eigenvalue weighted by atomic mass is 10.1. The van der Waals surface area contributed by atoms with E-state index in [1.54, 1.807) is 29.0 Å². The van der Waals surface area contributed by atoms with Crippen LogP contribution in [0.15, 0.2) is 47.1 Å². The molecule has 0 N–H and O–H groups in total. The number of halogens is 2. The van der Waals surface area contributed by atoms with Gasteiger partial charge in [0.1, 0.15) is 23.8 Å². The normalized spacial score (nSPS) is 11.2. The number of pyridine rings is 1. The van der Waals surface area contributed by atoms with Crippen LogP contribution in [0, 0.1) is 13.8 Å². The maximum atomic E-state index is 6.38. The van der Waals surface area contributed by atoms with Crippen molar-refractivity contribution in [2.45, 2.75) is 20.5 Å². The zero-order valence-electron chi connectivity index (χ0n) is 14.2. The summed E-state index contributed by atoms with van der Waals surface area (Å²) in [5.74, 6) is 1.31. The highest BCUT2D eigenvalue weighted by Gasteiger charge is 2.22. The van der Waals surface area contributed by atoms with Crippen molar-refractivity contribution in [3.8, 4) is 17.0 Å². The van der Waals surface area contributed by atoms with Crippen LogP contribution >= 0.6 is 23.2 Å². The number of rotatable bonds is 4. The summed E-state index contributed by atoms with van der Waals surface area (Å²) in [6.45, 7) is 4.16. The van der Waals surface area contributed by atoms with Gasteiger partial charge in [0.2, 0.25) is 5.75 Å². The third-order valence-corrected chi connectivity index (χ3v) is 4.63.